The van der Waals surface area contributed by atoms with E-state index in [9.17, 15) is 13.2 Å². The zero-order chi connectivity index (χ0) is 24.7. The molecule has 1 amide bonds. The van der Waals surface area contributed by atoms with Gasteiger partial charge in [0, 0.05) is 17.7 Å². The Balaban J connectivity index is 1.98. The SMILES string of the molecule is CCOc1cc(NS(=O)(=O)c2ccc(OC)cc2)c(OCC)cc1NC(=O)c1ccccc1C. The van der Waals surface area contributed by atoms with E-state index in [1.807, 2.05) is 19.1 Å². The van der Waals surface area contributed by atoms with Crippen molar-refractivity contribution < 1.29 is 27.4 Å². The van der Waals surface area contributed by atoms with Gasteiger partial charge in [0.2, 0.25) is 0 Å². The molecule has 9 heteroatoms. The van der Waals surface area contributed by atoms with Crippen molar-refractivity contribution in [1.29, 1.82) is 0 Å². The lowest BCUT2D eigenvalue weighted by Crippen LogP contribution is -2.16. The Morgan fingerprint density at radius 2 is 1.47 bits per heavy atom. The summed E-state index contributed by atoms with van der Waals surface area (Å²) in [6.45, 7) is 6.03. The highest BCUT2D eigenvalue weighted by Gasteiger charge is 2.21. The summed E-state index contributed by atoms with van der Waals surface area (Å²) in [5.41, 5.74) is 1.90. The van der Waals surface area contributed by atoms with Crippen LogP contribution < -0.4 is 24.2 Å². The predicted molar refractivity (Wildman–Crippen MR) is 132 cm³/mol. The number of benzene rings is 3. The van der Waals surface area contributed by atoms with Gasteiger partial charge in [0.1, 0.15) is 17.2 Å². The van der Waals surface area contributed by atoms with Crippen LogP contribution in [-0.4, -0.2) is 34.6 Å². The minimum atomic E-state index is -3.92. The maximum atomic E-state index is 13.0. The number of carbonyl (C=O) groups is 1. The van der Waals surface area contributed by atoms with Crippen molar-refractivity contribution in [3.05, 3.63) is 71.8 Å². The van der Waals surface area contributed by atoms with E-state index in [1.54, 1.807) is 44.2 Å². The Morgan fingerprint density at radius 1 is 0.882 bits per heavy atom. The smallest absolute Gasteiger partial charge is 0.262 e. The van der Waals surface area contributed by atoms with E-state index in [0.717, 1.165) is 5.56 Å². The molecule has 0 saturated carbocycles. The molecule has 0 saturated heterocycles. The Bertz CT molecular complexity index is 1260. The largest absolute Gasteiger partial charge is 0.497 e. The second kappa shape index (κ2) is 10.9. The minimum absolute atomic E-state index is 0.0608. The van der Waals surface area contributed by atoms with Crippen LogP contribution in [0.1, 0.15) is 29.8 Å². The van der Waals surface area contributed by atoms with Gasteiger partial charge in [0.25, 0.3) is 15.9 Å². The van der Waals surface area contributed by atoms with Crippen LogP contribution in [0.15, 0.2) is 65.6 Å². The van der Waals surface area contributed by atoms with E-state index in [4.69, 9.17) is 14.2 Å². The first kappa shape index (κ1) is 24.9. The van der Waals surface area contributed by atoms with Crippen LogP contribution in [0.5, 0.6) is 17.2 Å². The number of anilines is 2. The second-order valence-corrected chi connectivity index (χ2v) is 8.94. The van der Waals surface area contributed by atoms with Crippen molar-refractivity contribution >= 4 is 27.3 Å². The summed E-state index contributed by atoms with van der Waals surface area (Å²) in [6, 6.07) is 16.3. The third-order valence-electron chi connectivity index (χ3n) is 4.93. The fourth-order valence-corrected chi connectivity index (χ4v) is 4.32. The average molecular weight is 485 g/mol. The first-order chi connectivity index (χ1) is 16.3. The van der Waals surface area contributed by atoms with Crippen molar-refractivity contribution in [2.45, 2.75) is 25.7 Å². The van der Waals surface area contributed by atoms with Crippen LogP contribution in [-0.2, 0) is 10.0 Å². The average Bonchev–Trinajstić information content (AvgIpc) is 2.82. The first-order valence-corrected chi connectivity index (χ1v) is 12.2. The van der Waals surface area contributed by atoms with Crippen molar-refractivity contribution in [3.8, 4) is 17.2 Å². The Labute approximate surface area is 199 Å². The molecule has 0 fully saturated rings. The van der Waals surface area contributed by atoms with Gasteiger partial charge in [0.05, 0.1) is 36.6 Å². The van der Waals surface area contributed by atoms with Crippen LogP contribution >= 0.6 is 0 Å². The number of aryl methyl sites for hydroxylation is 1. The molecule has 8 nitrogen and oxygen atoms in total. The predicted octanol–water partition coefficient (Wildman–Crippen LogP) is 4.85. The lowest BCUT2D eigenvalue weighted by Gasteiger charge is -2.18. The van der Waals surface area contributed by atoms with Crippen LogP contribution in [0.4, 0.5) is 11.4 Å². The molecule has 0 aliphatic carbocycles. The number of methoxy groups -OCH3 is 1. The summed E-state index contributed by atoms with van der Waals surface area (Å²) in [5.74, 6) is 0.790. The third kappa shape index (κ3) is 5.79. The summed E-state index contributed by atoms with van der Waals surface area (Å²) in [4.78, 5) is 12.9. The minimum Gasteiger partial charge on any atom is -0.497 e. The number of carbonyl (C=O) groups excluding carboxylic acids is 1. The summed E-state index contributed by atoms with van der Waals surface area (Å²) in [5, 5.41) is 2.85. The standard InChI is InChI=1S/C25H28N2O6S/c1-5-32-23-16-22(27-34(29,30)19-13-11-18(31-4)12-14-19)24(33-6-2)15-21(23)26-25(28)20-10-8-7-9-17(20)3/h7-16,27H,5-6H2,1-4H3,(H,26,28). The van der Waals surface area contributed by atoms with Gasteiger partial charge >= 0.3 is 0 Å². The summed E-state index contributed by atoms with van der Waals surface area (Å²) in [6.07, 6.45) is 0. The van der Waals surface area contributed by atoms with E-state index in [2.05, 4.69) is 10.0 Å². The van der Waals surface area contributed by atoms with E-state index in [-0.39, 0.29) is 28.8 Å². The van der Waals surface area contributed by atoms with Gasteiger partial charge in [-0.1, -0.05) is 18.2 Å². The Hall–Kier alpha value is -3.72. The molecule has 0 radical (unpaired) electrons. The lowest BCUT2D eigenvalue weighted by atomic mass is 10.1. The fraction of sp³-hybridized carbons (Fsp3) is 0.240. The molecule has 0 spiro atoms. The van der Waals surface area contributed by atoms with Gasteiger partial charge in [-0.25, -0.2) is 8.42 Å². The van der Waals surface area contributed by atoms with Gasteiger partial charge in [-0.2, -0.15) is 0 Å². The topological polar surface area (TPSA) is 103 Å². The number of amides is 1. The molecule has 3 aromatic rings. The molecule has 3 rings (SSSR count). The van der Waals surface area contributed by atoms with Gasteiger partial charge in [-0.3, -0.25) is 9.52 Å². The first-order valence-electron chi connectivity index (χ1n) is 10.8. The summed E-state index contributed by atoms with van der Waals surface area (Å²) >= 11 is 0. The zero-order valence-electron chi connectivity index (χ0n) is 19.5. The molecule has 0 aromatic heterocycles. The van der Waals surface area contributed by atoms with Crippen molar-refractivity contribution in [3.63, 3.8) is 0 Å². The third-order valence-corrected chi connectivity index (χ3v) is 6.31. The van der Waals surface area contributed by atoms with Gasteiger partial charge in [-0.15, -0.1) is 0 Å². The van der Waals surface area contributed by atoms with Gasteiger partial charge < -0.3 is 19.5 Å². The highest BCUT2D eigenvalue weighted by Crippen LogP contribution is 2.38. The van der Waals surface area contributed by atoms with Crippen LogP contribution in [0.2, 0.25) is 0 Å². The van der Waals surface area contributed by atoms with Crippen LogP contribution in [0, 0.1) is 6.92 Å². The summed E-state index contributed by atoms with van der Waals surface area (Å²) in [7, 11) is -2.42. The number of rotatable bonds is 10. The van der Waals surface area contributed by atoms with E-state index < -0.39 is 10.0 Å². The Kier molecular flexibility index (Phi) is 8.01. The highest BCUT2D eigenvalue weighted by atomic mass is 32.2. The lowest BCUT2D eigenvalue weighted by molar-refractivity contribution is 0.102. The van der Waals surface area contributed by atoms with E-state index in [0.29, 0.717) is 29.4 Å². The Morgan fingerprint density at radius 3 is 2.06 bits per heavy atom. The monoisotopic (exact) mass is 484 g/mol. The molecule has 0 atom stereocenters. The molecule has 180 valence electrons. The summed E-state index contributed by atoms with van der Waals surface area (Å²) < 4.78 is 45.0. The molecule has 0 bridgehead atoms. The number of ether oxygens (including phenoxy) is 3. The fourth-order valence-electron chi connectivity index (χ4n) is 3.26. The van der Waals surface area contributed by atoms with Crippen molar-refractivity contribution in [2.24, 2.45) is 0 Å². The normalized spacial score (nSPS) is 10.9. The molecule has 34 heavy (non-hydrogen) atoms. The van der Waals surface area contributed by atoms with Crippen molar-refractivity contribution in [2.75, 3.05) is 30.4 Å². The highest BCUT2D eigenvalue weighted by molar-refractivity contribution is 7.92. The van der Waals surface area contributed by atoms with Gasteiger partial charge in [-0.05, 0) is 56.7 Å². The molecule has 0 aliphatic heterocycles. The molecular weight excluding hydrogens is 456 g/mol. The number of hydrogen-bond acceptors (Lipinski definition) is 6. The molecule has 2 N–H and O–H groups in total. The number of sulfonamides is 1. The van der Waals surface area contributed by atoms with Crippen LogP contribution in [0.3, 0.4) is 0 Å². The molecule has 3 aromatic carbocycles. The van der Waals surface area contributed by atoms with E-state index >= 15 is 0 Å². The van der Waals surface area contributed by atoms with Crippen molar-refractivity contribution in [1.82, 2.24) is 0 Å². The van der Waals surface area contributed by atoms with E-state index in [1.165, 1.54) is 25.3 Å². The van der Waals surface area contributed by atoms with Crippen LogP contribution in [0.25, 0.3) is 0 Å². The number of nitrogens with one attached hydrogen (secondary N) is 2. The number of hydrogen-bond donors (Lipinski definition) is 2. The molecule has 0 unspecified atom stereocenters. The maximum absolute atomic E-state index is 13.0. The maximum Gasteiger partial charge on any atom is 0.262 e. The zero-order valence-corrected chi connectivity index (χ0v) is 20.4. The quantitative estimate of drug-likeness (QED) is 0.426. The van der Waals surface area contributed by atoms with Gasteiger partial charge in [0.15, 0.2) is 0 Å². The molecule has 0 heterocycles. The molecular formula is C25H28N2O6S. The molecule has 0 aliphatic rings. The second-order valence-electron chi connectivity index (χ2n) is 7.26.